The quantitative estimate of drug-likeness (QED) is 0.522. The maximum atomic E-state index is 6.24. The summed E-state index contributed by atoms with van der Waals surface area (Å²) in [5.41, 5.74) is 1.76. The van der Waals surface area contributed by atoms with E-state index in [4.69, 9.17) is 23.2 Å². The average Bonchev–Trinajstić information content (AvgIpc) is 3.10. The number of rotatable bonds is 2. The van der Waals surface area contributed by atoms with Crippen LogP contribution in [0.4, 0.5) is 0 Å². The van der Waals surface area contributed by atoms with E-state index in [1.54, 1.807) is 22.7 Å². The molecule has 0 aliphatic rings. The molecular weight excluding hydrogens is 339 g/mol. The molecule has 2 aromatic heterocycles. The highest BCUT2D eigenvalue weighted by Gasteiger charge is 2.16. The van der Waals surface area contributed by atoms with Crippen molar-refractivity contribution >= 4 is 39.5 Å². The predicted octanol–water partition coefficient (Wildman–Crippen LogP) is 4.83. The van der Waals surface area contributed by atoms with Gasteiger partial charge in [-0.1, -0.05) is 64.9 Å². The summed E-state index contributed by atoms with van der Waals surface area (Å²) >= 11 is 13.7. The molecule has 4 aromatic rings. The maximum Gasteiger partial charge on any atom is 0.235 e. The summed E-state index contributed by atoms with van der Waals surface area (Å²) in [6.07, 6.45) is 0. The largest absolute Gasteiger partial charge is 0.235 e. The summed E-state index contributed by atoms with van der Waals surface area (Å²) in [4.78, 5) is 0.713. The SMILES string of the molecule is Clc1ccc(Cl)c(-c2nn3c(-c4ccccc4)nnc3s2)c1. The first-order chi connectivity index (χ1) is 10.7. The Morgan fingerprint density at radius 3 is 2.59 bits per heavy atom. The van der Waals surface area contributed by atoms with E-state index < -0.39 is 0 Å². The molecule has 0 spiro atoms. The van der Waals surface area contributed by atoms with Crippen molar-refractivity contribution in [3.05, 3.63) is 58.6 Å². The molecule has 0 aliphatic carbocycles. The Labute approximate surface area is 140 Å². The first-order valence-corrected chi connectivity index (χ1v) is 8.03. The molecule has 0 atom stereocenters. The molecule has 22 heavy (non-hydrogen) atoms. The first kappa shape index (κ1) is 13.7. The Morgan fingerprint density at radius 2 is 1.77 bits per heavy atom. The van der Waals surface area contributed by atoms with Crippen molar-refractivity contribution in [2.45, 2.75) is 0 Å². The smallest absolute Gasteiger partial charge is 0.182 e. The van der Waals surface area contributed by atoms with E-state index >= 15 is 0 Å². The second kappa shape index (κ2) is 5.35. The Bertz CT molecular complexity index is 962. The van der Waals surface area contributed by atoms with Crippen LogP contribution in [0.3, 0.4) is 0 Å². The number of nitrogens with zero attached hydrogens (tertiary/aromatic N) is 4. The van der Waals surface area contributed by atoms with E-state index in [0.29, 0.717) is 20.8 Å². The predicted molar refractivity (Wildman–Crippen MR) is 89.6 cm³/mol. The third kappa shape index (κ3) is 2.27. The molecular formula is C15H8Cl2N4S. The molecule has 2 heterocycles. The Kier molecular flexibility index (Phi) is 3.33. The lowest BCUT2D eigenvalue weighted by Crippen LogP contribution is -1.90. The molecule has 108 valence electrons. The highest BCUT2D eigenvalue weighted by atomic mass is 35.5. The van der Waals surface area contributed by atoms with Crippen molar-refractivity contribution in [2.24, 2.45) is 0 Å². The van der Waals surface area contributed by atoms with Crippen LogP contribution in [0.5, 0.6) is 0 Å². The van der Waals surface area contributed by atoms with E-state index in [2.05, 4.69) is 15.3 Å². The fraction of sp³-hybridized carbons (Fsp3) is 0. The van der Waals surface area contributed by atoms with Gasteiger partial charge in [-0.2, -0.15) is 9.61 Å². The summed E-state index contributed by atoms with van der Waals surface area (Å²) in [5, 5.41) is 15.0. The number of halogens is 2. The van der Waals surface area contributed by atoms with E-state index in [9.17, 15) is 0 Å². The van der Waals surface area contributed by atoms with Crippen molar-refractivity contribution in [1.29, 1.82) is 0 Å². The summed E-state index contributed by atoms with van der Waals surface area (Å²) < 4.78 is 1.73. The van der Waals surface area contributed by atoms with E-state index in [-0.39, 0.29) is 0 Å². The van der Waals surface area contributed by atoms with E-state index in [1.165, 1.54) is 11.3 Å². The third-order valence-electron chi connectivity index (χ3n) is 3.18. The monoisotopic (exact) mass is 346 g/mol. The fourth-order valence-electron chi connectivity index (χ4n) is 2.15. The van der Waals surface area contributed by atoms with Gasteiger partial charge in [-0.05, 0) is 18.2 Å². The first-order valence-electron chi connectivity index (χ1n) is 6.45. The molecule has 0 radical (unpaired) electrons. The second-order valence-electron chi connectivity index (χ2n) is 4.62. The molecule has 4 rings (SSSR count). The van der Waals surface area contributed by atoms with Gasteiger partial charge < -0.3 is 0 Å². The van der Waals surface area contributed by atoms with Crippen LogP contribution in [0.2, 0.25) is 10.0 Å². The topological polar surface area (TPSA) is 43.1 Å². The van der Waals surface area contributed by atoms with Crippen LogP contribution < -0.4 is 0 Å². The third-order valence-corrected chi connectivity index (χ3v) is 4.68. The van der Waals surface area contributed by atoms with Gasteiger partial charge in [0.05, 0.1) is 5.02 Å². The summed E-state index contributed by atoms with van der Waals surface area (Å²) in [6.45, 7) is 0. The minimum atomic E-state index is 0.607. The van der Waals surface area contributed by atoms with Gasteiger partial charge in [0.15, 0.2) is 5.82 Å². The van der Waals surface area contributed by atoms with Crippen LogP contribution in [0.1, 0.15) is 0 Å². The molecule has 0 N–H and O–H groups in total. The molecule has 0 saturated heterocycles. The zero-order valence-corrected chi connectivity index (χ0v) is 13.4. The van der Waals surface area contributed by atoms with Crippen molar-refractivity contribution in [3.8, 4) is 22.0 Å². The molecule has 0 bridgehead atoms. The lowest BCUT2D eigenvalue weighted by molar-refractivity contribution is 0.971. The normalized spacial score (nSPS) is 11.2. The number of hydrogen-bond donors (Lipinski definition) is 0. The Morgan fingerprint density at radius 1 is 0.955 bits per heavy atom. The molecule has 4 nitrogen and oxygen atoms in total. The number of fused-ring (bicyclic) bond motifs is 1. The number of benzene rings is 2. The Balaban J connectivity index is 1.89. The molecule has 0 unspecified atom stereocenters. The molecule has 2 aromatic carbocycles. The summed E-state index contributed by atoms with van der Waals surface area (Å²) in [7, 11) is 0. The van der Waals surface area contributed by atoms with Gasteiger partial charge in [-0.25, -0.2) is 0 Å². The minimum absolute atomic E-state index is 0.607. The summed E-state index contributed by atoms with van der Waals surface area (Å²) in [5.74, 6) is 0.705. The van der Waals surface area contributed by atoms with Gasteiger partial charge in [0, 0.05) is 16.1 Å². The zero-order chi connectivity index (χ0) is 15.1. The van der Waals surface area contributed by atoms with E-state index in [1.807, 2.05) is 30.3 Å². The van der Waals surface area contributed by atoms with Gasteiger partial charge >= 0.3 is 0 Å². The molecule has 0 aliphatic heterocycles. The highest BCUT2D eigenvalue weighted by Crippen LogP contribution is 2.34. The van der Waals surface area contributed by atoms with Crippen molar-refractivity contribution in [1.82, 2.24) is 19.8 Å². The minimum Gasteiger partial charge on any atom is -0.182 e. The van der Waals surface area contributed by atoms with Crippen LogP contribution in [-0.2, 0) is 0 Å². The van der Waals surface area contributed by atoms with Crippen molar-refractivity contribution in [2.75, 3.05) is 0 Å². The average molecular weight is 347 g/mol. The molecule has 7 heteroatoms. The van der Waals surface area contributed by atoms with Gasteiger partial charge in [0.2, 0.25) is 4.96 Å². The van der Waals surface area contributed by atoms with Gasteiger partial charge in [0.1, 0.15) is 5.01 Å². The van der Waals surface area contributed by atoms with Crippen LogP contribution in [-0.4, -0.2) is 19.8 Å². The summed E-state index contributed by atoms with van der Waals surface area (Å²) in [6, 6.07) is 15.1. The van der Waals surface area contributed by atoms with Gasteiger partial charge in [0.25, 0.3) is 0 Å². The van der Waals surface area contributed by atoms with Crippen molar-refractivity contribution in [3.63, 3.8) is 0 Å². The van der Waals surface area contributed by atoms with Crippen LogP contribution in [0, 0.1) is 0 Å². The lowest BCUT2D eigenvalue weighted by Gasteiger charge is -2.00. The van der Waals surface area contributed by atoms with Crippen LogP contribution in [0.25, 0.3) is 26.9 Å². The molecule has 0 amide bonds. The second-order valence-corrected chi connectivity index (χ2v) is 6.41. The standard InChI is InChI=1S/C15H8Cl2N4S/c16-10-6-7-12(17)11(8-10)14-20-21-13(18-19-15(21)22-14)9-4-2-1-3-5-9/h1-8H. The lowest BCUT2D eigenvalue weighted by atomic mass is 10.2. The van der Waals surface area contributed by atoms with E-state index in [0.717, 1.165) is 16.1 Å². The van der Waals surface area contributed by atoms with Gasteiger partial charge in [-0.3, -0.25) is 0 Å². The molecule has 0 saturated carbocycles. The molecule has 0 fully saturated rings. The number of aromatic nitrogens is 4. The van der Waals surface area contributed by atoms with Crippen LogP contribution in [0.15, 0.2) is 48.5 Å². The van der Waals surface area contributed by atoms with Crippen LogP contribution >= 0.6 is 34.5 Å². The highest BCUT2D eigenvalue weighted by molar-refractivity contribution is 7.19. The van der Waals surface area contributed by atoms with Gasteiger partial charge in [-0.15, -0.1) is 10.2 Å². The Hall–Kier alpha value is -1.95. The van der Waals surface area contributed by atoms with Crippen molar-refractivity contribution < 1.29 is 0 Å². The maximum absolute atomic E-state index is 6.24. The zero-order valence-electron chi connectivity index (χ0n) is 11.1. The fourth-order valence-corrected chi connectivity index (χ4v) is 3.46. The number of hydrogen-bond acceptors (Lipinski definition) is 4.